The van der Waals surface area contributed by atoms with Crippen LogP contribution in [0.1, 0.15) is 48.8 Å². The molecule has 120 valence electrons. The van der Waals surface area contributed by atoms with Crippen molar-refractivity contribution in [1.82, 2.24) is 4.98 Å². The van der Waals surface area contributed by atoms with Gasteiger partial charge in [-0.1, -0.05) is 29.8 Å². The van der Waals surface area contributed by atoms with Gasteiger partial charge in [0.15, 0.2) is 0 Å². The van der Waals surface area contributed by atoms with E-state index in [1.165, 1.54) is 16.7 Å². The van der Waals surface area contributed by atoms with Gasteiger partial charge in [0.25, 0.3) is 0 Å². The Morgan fingerprint density at radius 1 is 0.958 bits per heavy atom. The smallest absolute Gasteiger partial charge is 0.134 e. The van der Waals surface area contributed by atoms with Crippen molar-refractivity contribution in [1.29, 1.82) is 0 Å². The van der Waals surface area contributed by atoms with Gasteiger partial charge in [-0.25, -0.2) is 0 Å². The van der Waals surface area contributed by atoms with Crippen LogP contribution in [-0.2, 0) is 20.4 Å². The first-order valence-corrected chi connectivity index (χ1v) is 8.66. The normalized spacial score (nSPS) is 26.4. The number of aromatic nitrogens is 1. The second kappa shape index (κ2) is 4.41. The summed E-state index contributed by atoms with van der Waals surface area (Å²) in [6.07, 6.45) is 4.95. The molecule has 2 fully saturated rings. The first-order chi connectivity index (χ1) is 11.6. The summed E-state index contributed by atoms with van der Waals surface area (Å²) in [6, 6.07) is 10.6. The Kier molecular flexibility index (Phi) is 2.59. The van der Waals surface area contributed by atoms with Crippen molar-refractivity contribution in [3.63, 3.8) is 0 Å². The number of pyridine rings is 1. The highest BCUT2D eigenvalue weighted by Gasteiger charge is 2.65. The van der Waals surface area contributed by atoms with Gasteiger partial charge < -0.3 is 0 Å². The summed E-state index contributed by atoms with van der Waals surface area (Å²) >= 11 is 0. The number of carbonyl (C=O) groups excluding carboxylic acids is 2. The molecule has 1 unspecified atom stereocenters. The van der Waals surface area contributed by atoms with Crippen LogP contribution >= 0.6 is 0 Å². The summed E-state index contributed by atoms with van der Waals surface area (Å²) in [5.74, 6) is 0.633. The zero-order chi connectivity index (χ0) is 16.5. The number of nitrogens with zero attached hydrogens (tertiary/aromatic N) is 1. The highest BCUT2D eigenvalue weighted by Crippen LogP contribution is 2.65. The molecule has 3 nitrogen and oxygen atoms in total. The number of benzene rings is 1. The topological polar surface area (TPSA) is 47.0 Å². The van der Waals surface area contributed by atoms with Crippen molar-refractivity contribution in [2.75, 3.05) is 0 Å². The highest BCUT2D eigenvalue weighted by molar-refractivity contribution is 5.95. The average Bonchev–Trinajstić information content (AvgIpc) is 2.94. The number of carbonyl (C=O) groups is 2. The van der Waals surface area contributed by atoms with E-state index in [9.17, 15) is 9.59 Å². The fourth-order valence-electron chi connectivity index (χ4n) is 5.44. The van der Waals surface area contributed by atoms with E-state index in [2.05, 4.69) is 36.2 Å². The maximum atomic E-state index is 12.3. The third-order valence-electron chi connectivity index (χ3n) is 6.51. The van der Waals surface area contributed by atoms with Crippen LogP contribution in [0.5, 0.6) is 0 Å². The van der Waals surface area contributed by atoms with E-state index in [0.29, 0.717) is 37.2 Å². The number of aryl methyl sites for hydroxylation is 1. The van der Waals surface area contributed by atoms with E-state index in [-0.39, 0.29) is 10.8 Å². The molecule has 1 aromatic heterocycles. The first-order valence-electron chi connectivity index (χ1n) is 8.66. The lowest BCUT2D eigenvalue weighted by molar-refractivity contribution is -0.132. The predicted molar refractivity (Wildman–Crippen MR) is 90.9 cm³/mol. The van der Waals surface area contributed by atoms with Gasteiger partial charge in [0.2, 0.25) is 0 Å². The van der Waals surface area contributed by atoms with Crippen LogP contribution in [-0.4, -0.2) is 16.6 Å². The second-order valence-electron chi connectivity index (χ2n) is 7.72. The Morgan fingerprint density at radius 2 is 1.75 bits per heavy atom. The molecule has 2 saturated carbocycles. The Labute approximate surface area is 141 Å². The fraction of sp³-hybridized carbons (Fsp3) is 0.381. The van der Waals surface area contributed by atoms with Gasteiger partial charge >= 0.3 is 0 Å². The lowest BCUT2D eigenvalue weighted by atomic mass is 9.44. The number of fused-ring (bicyclic) bond motifs is 6. The molecule has 2 spiro atoms. The molecule has 3 aliphatic carbocycles. The summed E-state index contributed by atoms with van der Waals surface area (Å²) in [5, 5.41) is 0. The minimum atomic E-state index is -0.248. The molecule has 1 atom stereocenters. The van der Waals surface area contributed by atoms with Gasteiger partial charge in [-0.2, -0.15) is 0 Å². The number of Topliss-reactive ketones (excluding diaryl/α,β-unsaturated/α-hetero) is 2. The summed E-state index contributed by atoms with van der Waals surface area (Å²) < 4.78 is 0. The summed E-state index contributed by atoms with van der Waals surface area (Å²) in [5.41, 5.74) is 5.31. The van der Waals surface area contributed by atoms with Crippen LogP contribution in [0.25, 0.3) is 11.3 Å². The first kappa shape index (κ1) is 14.1. The number of hydrogen-bond acceptors (Lipinski definition) is 3. The van der Waals surface area contributed by atoms with Crippen molar-refractivity contribution in [2.45, 2.75) is 49.9 Å². The Morgan fingerprint density at radius 3 is 2.46 bits per heavy atom. The maximum absolute atomic E-state index is 12.3. The molecule has 3 heteroatoms. The molecule has 3 aliphatic rings. The van der Waals surface area contributed by atoms with Crippen molar-refractivity contribution in [2.24, 2.45) is 0 Å². The van der Waals surface area contributed by atoms with Crippen molar-refractivity contribution < 1.29 is 9.59 Å². The number of hydrogen-bond donors (Lipinski definition) is 0. The molecule has 0 radical (unpaired) electrons. The maximum Gasteiger partial charge on any atom is 0.134 e. The lowest BCUT2D eigenvalue weighted by Gasteiger charge is -2.57. The predicted octanol–water partition coefficient (Wildman–Crippen LogP) is 3.66. The molecule has 0 N–H and O–H groups in total. The van der Waals surface area contributed by atoms with Gasteiger partial charge in [0.1, 0.15) is 11.6 Å². The van der Waals surface area contributed by atoms with E-state index in [1.807, 2.05) is 12.3 Å². The molecule has 5 rings (SSSR count). The van der Waals surface area contributed by atoms with Crippen LogP contribution in [0.15, 0.2) is 36.5 Å². The van der Waals surface area contributed by atoms with E-state index < -0.39 is 0 Å². The van der Waals surface area contributed by atoms with E-state index >= 15 is 0 Å². The van der Waals surface area contributed by atoms with Gasteiger partial charge in [-0.3, -0.25) is 14.6 Å². The van der Waals surface area contributed by atoms with Gasteiger partial charge in [-0.15, -0.1) is 0 Å². The molecule has 0 aliphatic heterocycles. The van der Waals surface area contributed by atoms with E-state index in [1.54, 1.807) is 0 Å². The number of rotatable bonds is 0. The highest BCUT2D eigenvalue weighted by atomic mass is 16.1. The van der Waals surface area contributed by atoms with Gasteiger partial charge in [0, 0.05) is 48.3 Å². The zero-order valence-electron chi connectivity index (χ0n) is 13.8. The molecule has 24 heavy (non-hydrogen) atoms. The van der Waals surface area contributed by atoms with Crippen LogP contribution in [0.3, 0.4) is 0 Å². The quantitative estimate of drug-likeness (QED) is 0.745. The lowest BCUT2D eigenvalue weighted by Crippen LogP contribution is -2.58. The number of ketones is 2. The Balaban J connectivity index is 1.88. The molecular weight excluding hydrogens is 298 g/mol. The monoisotopic (exact) mass is 317 g/mol. The summed E-state index contributed by atoms with van der Waals surface area (Å²) in [4.78, 5) is 29.1. The zero-order valence-corrected chi connectivity index (χ0v) is 13.8. The van der Waals surface area contributed by atoms with Crippen molar-refractivity contribution in [3.05, 3.63) is 53.2 Å². The van der Waals surface area contributed by atoms with E-state index in [4.69, 9.17) is 0 Å². The van der Waals surface area contributed by atoms with Crippen molar-refractivity contribution >= 4 is 11.6 Å². The van der Waals surface area contributed by atoms with Gasteiger partial charge in [-0.05, 0) is 30.5 Å². The van der Waals surface area contributed by atoms with Crippen LogP contribution in [0, 0.1) is 6.92 Å². The molecule has 0 bridgehead atoms. The molecule has 0 saturated heterocycles. The molecule has 2 aromatic rings. The SMILES string of the molecule is Cc1ccc2c(c1)C1(CC(=O)C1)C1(CCC(=O)C1)c1cccnc1-2. The van der Waals surface area contributed by atoms with Crippen LogP contribution in [0.2, 0.25) is 0 Å². The third kappa shape index (κ3) is 1.50. The molecule has 1 heterocycles. The molecule has 1 aromatic carbocycles. The van der Waals surface area contributed by atoms with Gasteiger partial charge in [0.05, 0.1) is 5.69 Å². The standard InChI is InChI=1S/C21H19NO2/c1-13-4-5-16-18(9-13)21(11-15(24)12-21)20(7-6-14(23)10-20)17-3-2-8-22-19(16)17/h2-5,8-9H,6-7,10-12H2,1H3. The summed E-state index contributed by atoms with van der Waals surface area (Å²) in [6.45, 7) is 2.09. The van der Waals surface area contributed by atoms with Crippen molar-refractivity contribution in [3.8, 4) is 11.3 Å². The average molecular weight is 317 g/mol. The van der Waals surface area contributed by atoms with E-state index in [0.717, 1.165) is 17.7 Å². The molecule has 0 amide bonds. The minimum absolute atomic E-state index is 0.215. The van der Waals surface area contributed by atoms with Crippen LogP contribution in [0.4, 0.5) is 0 Å². The second-order valence-corrected chi connectivity index (χ2v) is 7.72. The minimum Gasteiger partial charge on any atom is -0.300 e. The largest absolute Gasteiger partial charge is 0.300 e. The Hall–Kier alpha value is -2.29. The van der Waals surface area contributed by atoms with Crippen LogP contribution < -0.4 is 0 Å². The third-order valence-corrected chi connectivity index (χ3v) is 6.51. The Bertz CT molecular complexity index is 906. The summed E-state index contributed by atoms with van der Waals surface area (Å²) in [7, 11) is 0. The fourth-order valence-corrected chi connectivity index (χ4v) is 5.44. The molecular formula is C21H19NO2.